The van der Waals surface area contributed by atoms with Gasteiger partial charge < -0.3 is 10.4 Å². The van der Waals surface area contributed by atoms with Crippen molar-refractivity contribution < 1.29 is 9.90 Å². The molecule has 0 aromatic carbocycles. The van der Waals surface area contributed by atoms with Crippen molar-refractivity contribution in [1.29, 1.82) is 0 Å². The van der Waals surface area contributed by atoms with E-state index in [0.29, 0.717) is 12.2 Å². The van der Waals surface area contributed by atoms with Crippen molar-refractivity contribution in [2.24, 2.45) is 5.41 Å². The Kier molecular flexibility index (Phi) is 4.57. The molecule has 0 atom stereocenters. The van der Waals surface area contributed by atoms with E-state index < -0.39 is 0 Å². The third kappa shape index (κ3) is 3.21. The Labute approximate surface area is 131 Å². The summed E-state index contributed by atoms with van der Waals surface area (Å²) >= 11 is 0. The lowest BCUT2D eigenvalue weighted by Crippen LogP contribution is -2.28. The van der Waals surface area contributed by atoms with Crippen molar-refractivity contribution in [2.75, 3.05) is 29.9 Å². The van der Waals surface area contributed by atoms with Crippen LogP contribution in [0.5, 0.6) is 0 Å². The van der Waals surface area contributed by atoms with Crippen molar-refractivity contribution >= 4 is 17.5 Å². The molecule has 1 aromatic heterocycles. The third-order valence-electron chi connectivity index (χ3n) is 4.94. The number of rotatable bonds is 6. The molecule has 120 valence electrons. The number of carbonyl (C=O) groups excluding carboxylic acids is 1. The molecule has 1 saturated carbocycles. The largest absolute Gasteiger partial charge is 0.396 e. The maximum absolute atomic E-state index is 11.7. The molecule has 2 aliphatic rings. The Bertz CT molecular complexity index is 511. The predicted octanol–water partition coefficient (Wildman–Crippen LogP) is 1.96. The van der Waals surface area contributed by atoms with Gasteiger partial charge in [0.15, 0.2) is 5.82 Å². The van der Waals surface area contributed by atoms with Gasteiger partial charge >= 0.3 is 0 Å². The average molecular weight is 304 g/mol. The highest BCUT2D eigenvalue weighted by molar-refractivity contribution is 5.94. The molecule has 2 heterocycles. The zero-order valence-electron chi connectivity index (χ0n) is 12.9. The van der Waals surface area contributed by atoms with Gasteiger partial charge in [-0.25, -0.2) is 9.97 Å². The molecule has 1 aliphatic heterocycles. The average Bonchev–Trinajstić information content (AvgIpc) is 3.16. The molecule has 0 spiro atoms. The van der Waals surface area contributed by atoms with E-state index >= 15 is 0 Å². The minimum absolute atomic E-state index is 0.128. The van der Waals surface area contributed by atoms with Crippen molar-refractivity contribution in [3.05, 3.63) is 12.4 Å². The summed E-state index contributed by atoms with van der Waals surface area (Å²) < 4.78 is 0. The van der Waals surface area contributed by atoms with E-state index in [4.69, 9.17) is 0 Å². The molecule has 1 aliphatic carbocycles. The van der Waals surface area contributed by atoms with Crippen molar-refractivity contribution in [3.8, 4) is 0 Å². The summed E-state index contributed by atoms with van der Waals surface area (Å²) in [7, 11) is 0. The van der Waals surface area contributed by atoms with Gasteiger partial charge in [-0.1, -0.05) is 12.8 Å². The molecule has 22 heavy (non-hydrogen) atoms. The van der Waals surface area contributed by atoms with Gasteiger partial charge in [-0.05, 0) is 31.1 Å². The minimum atomic E-state index is 0.128. The quantitative estimate of drug-likeness (QED) is 0.840. The molecule has 0 radical (unpaired) electrons. The summed E-state index contributed by atoms with van der Waals surface area (Å²) in [6.45, 7) is 1.80. The predicted molar refractivity (Wildman–Crippen MR) is 84.7 cm³/mol. The number of amides is 1. The maximum atomic E-state index is 11.7. The number of aliphatic hydroxyl groups is 1. The molecular formula is C16H24N4O2. The highest BCUT2D eigenvalue weighted by Gasteiger charge is 2.33. The van der Waals surface area contributed by atoms with E-state index in [2.05, 4.69) is 15.3 Å². The fourth-order valence-electron chi connectivity index (χ4n) is 3.60. The lowest BCUT2D eigenvalue weighted by Gasteiger charge is -2.28. The molecule has 2 fully saturated rings. The number of carbonyl (C=O) groups is 1. The zero-order valence-corrected chi connectivity index (χ0v) is 12.9. The second kappa shape index (κ2) is 6.60. The van der Waals surface area contributed by atoms with Crippen LogP contribution in [0.3, 0.4) is 0 Å². The number of aromatic nitrogens is 2. The van der Waals surface area contributed by atoms with Crippen LogP contribution in [0.25, 0.3) is 0 Å². The summed E-state index contributed by atoms with van der Waals surface area (Å²) in [6, 6.07) is 0. The molecule has 3 rings (SSSR count). The molecule has 0 unspecified atom stereocenters. The second-order valence-corrected chi connectivity index (χ2v) is 6.44. The van der Waals surface area contributed by atoms with Gasteiger partial charge in [-0.3, -0.25) is 9.69 Å². The Balaban J connectivity index is 1.60. The van der Waals surface area contributed by atoms with Gasteiger partial charge in [-0.15, -0.1) is 0 Å². The standard InChI is InChI=1S/C16H24N4O2/c21-9-7-16(5-1-2-6-16)12-19-13-10-18-14(11-17-13)20-8-3-4-15(20)22/h10-11,21H,1-9,12H2,(H,17,19). The number of anilines is 2. The van der Waals surface area contributed by atoms with E-state index in [1.807, 2.05) is 0 Å². The fraction of sp³-hybridized carbons (Fsp3) is 0.688. The summed E-state index contributed by atoms with van der Waals surface area (Å²) in [6.07, 6.45) is 10.5. The molecular weight excluding hydrogens is 280 g/mol. The molecule has 6 heteroatoms. The lowest BCUT2D eigenvalue weighted by molar-refractivity contribution is -0.117. The summed E-state index contributed by atoms with van der Waals surface area (Å²) in [5, 5.41) is 12.6. The van der Waals surface area contributed by atoms with Crippen molar-refractivity contribution in [1.82, 2.24) is 9.97 Å². The van der Waals surface area contributed by atoms with Crippen LogP contribution >= 0.6 is 0 Å². The second-order valence-electron chi connectivity index (χ2n) is 6.44. The van der Waals surface area contributed by atoms with Gasteiger partial charge in [0.2, 0.25) is 5.91 Å². The first-order chi connectivity index (χ1) is 10.7. The van der Waals surface area contributed by atoms with Gasteiger partial charge in [0.05, 0.1) is 12.4 Å². The normalized spacial score (nSPS) is 20.6. The van der Waals surface area contributed by atoms with Crippen molar-refractivity contribution in [3.63, 3.8) is 0 Å². The Hall–Kier alpha value is -1.69. The summed E-state index contributed by atoms with van der Waals surface area (Å²) in [4.78, 5) is 22.1. The smallest absolute Gasteiger partial charge is 0.228 e. The van der Waals surface area contributed by atoms with Crippen LogP contribution in [0.15, 0.2) is 12.4 Å². The first-order valence-corrected chi connectivity index (χ1v) is 8.20. The Morgan fingerprint density at radius 3 is 2.64 bits per heavy atom. The molecule has 1 amide bonds. The fourth-order valence-corrected chi connectivity index (χ4v) is 3.60. The molecule has 1 saturated heterocycles. The van der Waals surface area contributed by atoms with Gasteiger partial charge in [0.1, 0.15) is 5.82 Å². The van der Waals surface area contributed by atoms with Crippen LogP contribution in [0.1, 0.15) is 44.9 Å². The third-order valence-corrected chi connectivity index (χ3v) is 4.94. The number of nitrogens with one attached hydrogen (secondary N) is 1. The zero-order chi connectivity index (χ0) is 15.4. The Morgan fingerprint density at radius 2 is 2.05 bits per heavy atom. The van der Waals surface area contributed by atoms with Crippen LogP contribution in [0, 0.1) is 5.41 Å². The maximum Gasteiger partial charge on any atom is 0.228 e. The van der Waals surface area contributed by atoms with Gasteiger partial charge in [0, 0.05) is 26.1 Å². The van der Waals surface area contributed by atoms with Crippen LogP contribution < -0.4 is 10.2 Å². The van der Waals surface area contributed by atoms with Crippen LogP contribution in [0.4, 0.5) is 11.6 Å². The number of aliphatic hydroxyl groups excluding tert-OH is 1. The lowest BCUT2D eigenvalue weighted by atomic mass is 9.83. The Morgan fingerprint density at radius 1 is 1.23 bits per heavy atom. The number of hydrogen-bond donors (Lipinski definition) is 2. The monoisotopic (exact) mass is 304 g/mol. The molecule has 1 aromatic rings. The first-order valence-electron chi connectivity index (χ1n) is 8.20. The highest BCUT2D eigenvalue weighted by atomic mass is 16.3. The van der Waals surface area contributed by atoms with Crippen LogP contribution in [-0.4, -0.2) is 40.7 Å². The molecule has 0 bridgehead atoms. The molecule has 6 nitrogen and oxygen atoms in total. The SMILES string of the molecule is O=C1CCCN1c1cnc(NCC2(CCO)CCCC2)cn1. The number of hydrogen-bond acceptors (Lipinski definition) is 5. The van der Waals surface area contributed by atoms with Gasteiger partial charge in [0.25, 0.3) is 0 Å². The minimum Gasteiger partial charge on any atom is -0.396 e. The van der Waals surface area contributed by atoms with E-state index in [0.717, 1.165) is 44.6 Å². The summed E-state index contributed by atoms with van der Waals surface area (Å²) in [5.74, 6) is 1.50. The summed E-state index contributed by atoms with van der Waals surface area (Å²) in [5.41, 5.74) is 0.194. The van der Waals surface area contributed by atoms with Gasteiger partial charge in [-0.2, -0.15) is 0 Å². The molecule has 2 N–H and O–H groups in total. The number of nitrogens with zero attached hydrogens (tertiary/aromatic N) is 3. The topological polar surface area (TPSA) is 78.4 Å². The first kappa shape index (κ1) is 15.2. The van der Waals surface area contributed by atoms with Crippen LogP contribution in [0.2, 0.25) is 0 Å². The van der Waals surface area contributed by atoms with E-state index in [1.54, 1.807) is 17.3 Å². The van der Waals surface area contributed by atoms with E-state index in [-0.39, 0.29) is 17.9 Å². The van der Waals surface area contributed by atoms with Crippen LogP contribution in [-0.2, 0) is 4.79 Å². The van der Waals surface area contributed by atoms with E-state index in [9.17, 15) is 9.90 Å². The van der Waals surface area contributed by atoms with E-state index in [1.165, 1.54) is 12.8 Å². The van der Waals surface area contributed by atoms with Crippen molar-refractivity contribution in [2.45, 2.75) is 44.9 Å². The highest BCUT2D eigenvalue weighted by Crippen LogP contribution is 2.40.